The fourth-order valence-corrected chi connectivity index (χ4v) is 1.36. The number of anilines is 1. The minimum absolute atomic E-state index is 0.0403. The van der Waals surface area contributed by atoms with E-state index in [0.717, 1.165) is 0 Å². The van der Waals surface area contributed by atoms with E-state index >= 15 is 0 Å². The maximum absolute atomic E-state index is 13.6. The zero-order valence-corrected chi connectivity index (χ0v) is 8.66. The number of hydrogen-bond donors (Lipinski definition) is 1. The quantitative estimate of drug-likeness (QED) is 0.808. The molecule has 1 aromatic heterocycles. The summed E-state index contributed by atoms with van der Waals surface area (Å²) in [7, 11) is 1.63. The van der Waals surface area contributed by atoms with Crippen molar-refractivity contribution in [3.05, 3.63) is 29.0 Å². The molecule has 78 valence electrons. The molecule has 0 spiro atoms. The SMILES string of the molecule is Cn1nc(-c2cccc(Cl)c2F)nc1N. The number of nitrogens with two attached hydrogens (primary N) is 1. The molecule has 0 aliphatic rings. The van der Waals surface area contributed by atoms with Crippen LogP contribution in [0, 0.1) is 5.82 Å². The van der Waals surface area contributed by atoms with Crippen LogP contribution in [0.1, 0.15) is 0 Å². The van der Waals surface area contributed by atoms with Crippen LogP contribution in [-0.2, 0) is 7.05 Å². The number of aryl methyl sites for hydroxylation is 1. The molecule has 2 N–H and O–H groups in total. The van der Waals surface area contributed by atoms with Gasteiger partial charge in [0.1, 0.15) is 0 Å². The summed E-state index contributed by atoms with van der Waals surface area (Å²) in [4.78, 5) is 3.91. The van der Waals surface area contributed by atoms with Crippen LogP contribution >= 0.6 is 11.6 Å². The molecule has 0 saturated carbocycles. The summed E-state index contributed by atoms with van der Waals surface area (Å²) in [5, 5.41) is 4.00. The van der Waals surface area contributed by atoms with Gasteiger partial charge in [0.25, 0.3) is 0 Å². The molecule has 0 bridgehead atoms. The molecule has 4 nitrogen and oxygen atoms in total. The van der Waals surface area contributed by atoms with Crippen LogP contribution in [0.5, 0.6) is 0 Å². The van der Waals surface area contributed by atoms with E-state index < -0.39 is 5.82 Å². The summed E-state index contributed by atoms with van der Waals surface area (Å²) in [6.45, 7) is 0. The van der Waals surface area contributed by atoms with Crippen molar-refractivity contribution in [3.63, 3.8) is 0 Å². The molecule has 0 atom stereocenters. The van der Waals surface area contributed by atoms with Crippen molar-refractivity contribution in [2.45, 2.75) is 0 Å². The maximum Gasteiger partial charge on any atom is 0.218 e. The molecule has 1 aromatic carbocycles. The van der Waals surface area contributed by atoms with E-state index in [1.54, 1.807) is 19.2 Å². The van der Waals surface area contributed by atoms with Gasteiger partial charge >= 0.3 is 0 Å². The zero-order chi connectivity index (χ0) is 11.0. The summed E-state index contributed by atoms with van der Waals surface area (Å²) >= 11 is 5.64. The zero-order valence-electron chi connectivity index (χ0n) is 7.91. The van der Waals surface area contributed by atoms with Gasteiger partial charge in [0.2, 0.25) is 5.95 Å². The van der Waals surface area contributed by atoms with Crippen molar-refractivity contribution < 1.29 is 4.39 Å². The standard InChI is InChI=1S/C9H8ClFN4/c1-15-9(12)13-8(14-15)5-3-2-4-6(10)7(5)11/h2-4H,1H3,(H2,12,13,14). The molecule has 0 radical (unpaired) electrons. The molecular weight excluding hydrogens is 219 g/mol. The van der Waals surface area contributed by atoms with Crippen LogP contribution in [0.25, 0.3) is 11.4 Å². The lowest BCUT2D eigenvalue weighted by atomic mass is 10.2. The molecule has 0 aliphatic carbocycles. The second-order valence-corrected chi connectivity index (χ2v) is 3.43. The number of rotatable bonds is 1. The lowest BCUT2D eigenvalue weighted by Gasteiger charge is -1.98. The molecule has 15 heavy (non-hydrogen) atoms. The van der Waals surface area contributed by atoms with Gasteiger partial charge in [-0.05, 0) is 12.1 Å². The number of nitrogen functional groups attached to an aromatic ring is 1. The Kier molecular flexibility index (Phi) is 2.32. The first-order valence-corrected chi connectivity index (χ1v) is 4.58. The number of nitrogens with zero attached hydrogens (tertiary/aromatic N) is 3. The third-order valence-corrected chi connectivity index (χ3v) is 2.28. The van der Waals surface area contributed by atoms with Crippen LogP contribution < -0.4 is 5.73 Å². The Bertz CT molecular complexity index is 489. The van der Waals surface area contributed by atoms with Crippen molar-refractivity contribution in [1.82, 2.24) is 14.8 Å². The van der Waals surface area contributed by atoms with Crippen LogP contribution in [-0.4, -0.2) is 14.8 Å². The number of aromatic nitrogens is 3. The highest BCUT2D eigenvalue weighted by Gasteiger charge is 2.13. The average Bonchev–Trinajstić information content (AvgIpc) is 2.51. The van der Waals surface area contributed by atoms with Gasteiger partial charge in [-0.15, -0.1) is 5.10 Å². The van der Waals surface area contributed by atoms with E-state index in [2.05, 4.69) is 10.1 Å². The minimum Gasteiger partial charge on any atom is -0.368 e. The minimum atomic E-state index is -0.537. The predicted molar refractivity (Wildman–Crippen MR) is 55.8 cm³/mol. The number of hydrogen-bond acceptors (Lipinski definition) is 3. The molecule has 2 rings (SSSR count). The lowest BCUT2D eigenvalue weighted by molar-refractivity contribution is 0.630. The van der Waals surface area contributed by atoms with Gasteiger partial charge < -0.3 is 5.73 Å². The van der Waals surface area contributed by atoms with Gasteiger partial charge in [0.05, 0.1) is 10.6 Å². The van der Waals surface area contributed by atoms with Gasteiger partial charge in [0, 0.05) is 7.05 Å². The third-order valence-electron chi connectivity index (χ3n) is 1.99. The first kappa shape index (κ1) is 9.92. The second-order valence-electron chi connectivity index (χ2n) is 3.02. The molecule has 0 aliphatic heterocycles. The Morgan fingerprint density at radius 3 is 2.80 bits per heavy atom. The van der Waals surface area contributed by atoms with Crippen LogP contribution in [0.15, 0.2) is 18.2 Å². The van der Waals surface area contributed by atoms with Crippen LogP contribution in [0.4, 0.5) is 10.3 Å². The summed E-state index contributed by atoms with van der Waals surface area (Å²) in [6.07, 6.45) is 0. The Balaban J connectivity index is 2.59. The summed E-state index contributed by atoms with van der Waals surface area (Å²) < 4.78 is 14.9. The molecule has 6 heteroatoms. The van der Waals surface area contributed by atoms with E-state index in [1.165, 1.54) is 10.7 Å². The molecular formula is C9H8ClFN4. The monoisotopic (exact) mass is 226 g/mol. The van der Waals surface area contributed by atoms with Crippen molar-refractivity contribution in [2.75, 3.05) is 5.73 Å². The van der Waals surface area contributed by atoms with Crippen molar-refractivity contribution in [1.29, 1.82) is 0 Å². The van der Waals surface area contributed by atoms with Crippen molar-refractivity contribution in [2.24, 2.45) is 7.05 Å². The maximum atomic E-state index is 13.6. The van der Waals surface area contributed by atoms with Gasteiger partial charge in [-0.1, -0.05) is 17.7 Å². The third kappa shape index (κ3) is 1.66. The van der Waals surface area contributed by atoms with Gasteiger partial charge in [-0.3, -0.25) is 0 Å². The molecule has 0 amide bonds. The smallest absolute Gasteiger partial charge is 0.218 e. The average molecular weight is 227 g/mol. The second kappa shape index (κ2) is 3.51. The fraction of sp³-hybridized carbons (Fsp3) is 0.111. The van der Waals surface area contributed by atoms with Gasteiger partial charge in [-0.25, -0.2) is 9.07 Å². The van der Waals surface area contributed by atoms with Crippen LogP contribution in [0.2, 0.25) is 5.02 Å². The van der Waals surface area contributed by atoms with E-state index in [-0.39, 0.29) is 22.4 Å². The van der Waals surface area contributed by atoms with Gasteiger partial charge in [0.15, 0.2) is 11.6 Å². The van der Waals surface area contributed by atoms with Crippen molar-refractivity contribution in [3.8, 4) is 11.4 Å². The van der Waals surface area contributed by atoms with Crippen LogP contribution in [0.3, 0.4) is 0 Å². The normalized spacial score (nSPS) is 10.6. The van der Waals surface area contributed by atoms with E-state index in [1.807, 2.05) is 0 Å². The number of halogens is 2. The largest absolute Gasteiger partial charge is 0.368 e. The Labute approximate surface area is 90.5 Å². The topological polar surface area (TPSA) is 56.7 Å². The molecule has 0 saturated heterocycles. The highest BCUT2D eigenvalue weighted by molar-refractivity contribution is 6.31. The van der Waals surface area contributed by atoms with E-state index in [0.29, 0.717) is 0 Å². The highest BCUT2D eigenvalue weighted by Crippen LogP contribution is 2.25. The summed E-state index contributed by atoms with van der Waals surface area (Å²) in [6, 6.07) is 4.65. The predicted octanol–water partition coefficient (Wildman–Crippen LogP) is 1.86. The molecule has 0 fully saturated rings. The Morgan fingerprint density at radius 2 is 2.20 bits per heavy atom. The molecule has 2 aromatic rings. The first-order chi connectivity index (χ1) is 7.09. The fourth-order valence-electron chi connectivity index (χ4n) is 1.19. The summed E-state index contributed by atoms with van der Waals surface area (Å²) in [5.74, 6) is -0.0795. The first-order valence-electron chi connectivity index (χ1n) is 4.20. The van der Waals surface area contributed by atoms with Gasteiger partial charge in [-0.2, -0.15) is 4.98 Å². The van der Waals surface area contributed by atoms with E-state index in [9.17, 15) is 4.39 Å². The Morgan fingerprint density at radius 1 is 1.47 bits per heavy atom. The number of benzene rings is 1. The highest BCUT2D eigenvalue weighted by atomic mass is 35.5. The van der Waals surface area contributed by atoms with E-state index in [4.69, 9.17) is 17.3 Å². The van der Waals surface area contributed by atoms with Crippen molar-refractivity contribution >= 4 is 17.5 Å². The molecule has 0 unspecified atom stereocenters. The lowest BCUT2D eigenvalue weighted by Crippen LogP contribution is -1.97. The molecule has 1 heterocycles. The summed E-state index contributed by atoms with van der Waals surface area (Å²) in [5.41, 5.74) is 5.75. The Hall–Kier alpha value is -1.62.